The van der Waals surface area contributed by atoms with Crippen LogP contribution in [0.1, 0.15) is 36.0 Å². The van der Waals surface area contributed by atoms with Crippen molar-refractivity contribution >= 4 is 17.4 Å². The van der Waals surface area contributed by atoms with E-state index in [1.165, 1.54) is 7.11 Å². The van der Waals surface area contributed by atoms with Crippen molar-refractivity contribution in [1.82, 2.24) is 0 Å². The first kappa shape index (κ1) is 14.2. The molecular weight excluding hydrogens is 266 g/mol. The molecule has 19 heavy (non-hydrogen) atoms. The molecule has 1 aliphatic carbocycles. The number of hydrogen-bond acceptors (Lipinski definition) is 4. The lowest BCUT2D eigenvalue weighted by Gasteiger charge is -2.28. The van der Waals surface area contributed by atoms with Gasteiger partial charge in [0.1, 0.15) is 0 Å². The van der Waals surface area contributed by atoms with E-state index in [0.29, 0.717) is 28.6 Å². The first-order valence-corrected chi connectivity index (χ1v) is 6.81. The van der Waals surface area contributed by atoms with E-state index in [0.717, 1.165) is 19.3 Å². The van der Waals surface area contributed by atoms with Crippen LogP contribution in [0.4, 0.5) is 0 Å². The summed E-state index contributed by atoms with van der Waals surface area (Å²) in [6.07, 6.45) is 3.61. The van der Waals surface area contributed by atoms with Gasteiger partial charge < -0.3 is 15.2 Å². The van der Waals surface area contributed by atoms with Crippen LogP contribution in [0.3, 0.4) is 0 Å². The second-order valence-corrected chi connectivity index (χ2v) is 5.05. The van der Waals surface area contributed by atoms with E-state index in [1.54, 1.807) is 12.1 Å². The maximum absolute atomic E-state index is 12.1. The monoisotopic (exact) mass is 283 g/mol. The standard InChI is InChI=1S/C14H18ClNO3/c1-18-13-8-9(15)7-11(12(17)5-6-16)14(13)19-10-3-2-4-10/h7-8,10H,2-6,16H2,1H3. The highest BCUT2D eigenvalue weighted by molar-refractivity contribution is 6.31. The Bertz CT molecular complexity index is 472. The molecule has 0 unspecified atom stereocenters. The van der Waals surface area contributed by atoms with Crippen LogP contribution in [-0.2, 0) is 0 Å². The van der Waals surface area contributed by atoms with Crippen molar-refractivity contribution in [3.05, 3.63) is 22.7 Å². The molecule has 1 saturated carbocycles. The van der Waals surface area contributed by atoms with E-state index in [1.807, 2.05) is 0 Å². The number of methoxy groups -OCH3 is 1. The van der Waals surface area contributed by atoms with Crippen molar-refractivity contribution in [2.45, 2.75) is 31.8 Å². The lowest BCUT2D eigenvalue weighted by molar-refractivity contribution is 0.0950. The number of Topliss-reactive ketones (excluding diaryl/α,β-unsaturated/α-hetero) is 1. The molecule has 2 N–H and O–H groups in total. The third kappa shape index (κ3) is 3.19. The molecule has 0 radical (unpaired) electrons. The third-order valence-corrected chi connectivity index (χ3v) is 3.47. The smallest absolute Gasteiger partial charge is 0.172 e. The van der Waals surface area contributed by atoms with Crippen LogP contribution in [0.5, 0.6) is 11.5 Å². The van der Waals surface area contributed by atoms with Gasteiger partial charge in [-0.15, -0.1) is 0 Å². The number of nitrogens with two attached hydrogens (primary N) is 1. The fourth-order valence-corrected chi connectivity index (χ4v) is 2.18. The molecule has 5 heteroatoms. The third-order valence-electron chi connectivity index (χ3n) is 3.25. The highest BCUT2D eigenvalue weighted by Crippen LogP contribution is 2.38. The van der Waals surface area contributed by atoms with Gasteiger partial charge in [0.2, 0.25) is 0 Å². The predicted octanol–water partition coefficient (Wildman–Crippen LogP) is 2.81. The first-order chi connectivity index (χ1) is 9.15. The SMILES string of the molecule is COc1cc(Cl)cc(C(=O)CCN)c1OC1CCC1. The fourth-order valence-electron chi connectivity index (χ4n) is 1.97. The summed E-state index contributed by atoms with van der Waals surface area (Å²) >= 11 is 6.01. The number of rotatable bonds is 6. The quantitative estimate of drug-likeness (QED) is 0.816. The fraction of sp³-hybridized carbons (Fsp3) is 0.500. The van der Waals surface area contributed by atoms with Crippen molar-refractivity contribution in [3.63, 3.8) is 0 Å². The first-order valence-electron chi connectivity index (χ1n) is 6.43. The molecular formula is C14H18ClNO3. The Hall–Kier alpha value is -1.26. The zero-order valence-corrected chi connectivity index (χ0v) is 11.7. The van der Waals surface area contributed by atoms with E-state index in [9.17, 15) is 4.79 Å². The molecule has 104 valence electrons. The molecule has 2 rings (SSSR count). The zero-order valence-electron chi connectivity index (χ0n) is 10.9. The Kier molecular flexibility index (Phi) is 4.66. The van der Waals surface area contributed by atoms with Gasteiger partial charge in [0, 0.05) is 17.5 Å². The summed E-state index contributed by atoms with van der Waals surface area (Å²) < 4.78 is 11.2. The summed E-state index contributed by atoms with van der Waals surface area (Å²) in [5, 5.41) is 0.457. The van der Waals surface area contributed by atoms with Crippen LogP contribution in [-0.4, -0.2) is 25.5 Å². The maximum Gasteiger partial charge on any atom is 0.172 e. The topological polar surface area (TPSA) is 61.5 Å². The van der Waals surface area contributed by atoms with Crippen LogP contribution >= 0.6 is 11.6 Å². The van der Waals surface area contributed by atoms with E-state index in [4.69, 9.17) is 26.8 Å². The van der Waals surface area contributed by atoms with Crippen molar-refractivity contribution in [2.24, 2.45) is 5.73 Å². The Morgan fingerprint density at radius 1 is 1.47 bits per heavy atom. The number of benzene rings is 1. The molecule has 1 aromatic rings. The Morgan fingerprint density at radius 2 is 2.21 bits per heavy atom. The Morgan fingerprint density at radius 3 is 2.74 bits per heavy atom. The second kappa shape index (κ2) is 6.26. The molecule has 0 spiro atoms. The van der Waals surface area contributed by atoms with Crippen molar-refractivity contribution in [3.8, 4) is 11.5 Å². The van der Waals surface area contributed by atoms with Crippen molar-refractivity contribution in [2.75, 3.05) is 13.7 Å². The Labute approximate surface area is 117 Å². The van der Waals surface area contributed by atoms with Gasteiger partial charge in [0.15, 0.2) is 17.3 Å². The molecule has 4 nitrogen and oxygen atoms in total. The number of carbonyl (C=O) groups is 1. The summed E-state index contributed by atoms with van der Waals surface area (Å²) in [6, 6.07) is 3.28. The van der Waals surface area contributed by atoms with Gasteiger partial charge in [0.25, 0.3) is 0 Å². The zero-order chi connectivity index (χ0) is 13.8. The molecule has 1 fully saturated rings. The predicted molar refractivity (Wildman–Crippen MR) is 74.3 cm³/mol. The van der Waals surface area contributed by atoms with E-state index in [2.05, 4.69) is 0 Å². The van der Waals surface area contributed by atoms with Crippen LogP contribution < -0.4 is 15.2 Å². The van der Waals surface area contributed by atoms with Crippen LogP contribution in [0.2, 0.25) is 5.02 Å². The van der Waals surface area contributed by atoms with Crippen LogP contribution in [0.15, 0.2) is 12.1 Å². The van der Waals surface area contributed by atoms with E-state index in [-0.39, 0.29) is 18.3 Å². The molecule has 0 aliphatic heterocycles. The Balaban J connectivity index is 2.36. The van der Waals surface area contributed by atoms with Gasteiger partial charge >= 0.3 is 0 Å². The molecule has 0 bridgehead atoms. The minimum Gasteiger partial charge on any atom is -0.493 e. The molecule has 0 atom stereocenters. The molecule has 0 saturated heterocycles. The number of hydrogen-bond donors (Lipinski definition) is 1. The molecule has 0 aromatic heterocycles. The van der Waals surface area contributed by atoms with Gasteiger partial charge in [-0.3, -0.25) is 4.79 Å². The highest BCUT2D eigenvalue weighted by atomic mass is 35.5. The minimum absolute atomic E-state index is 0.0716. The van der Waals surface area contributed by atoms with Crippen LogP contribution in [0.25, 0.3) is 0 Å². The van der Waals surface area contributed by atoms with E-state index >= 15 is 0 Å². The molecule has 1 aromatic carbocycles. The van der Waals surface area contributed by atoms with Crippen molar-refractivity contribution in [1.29, 1.82) is 0 Å². The van der Waals surface area contributed by atoms with Gasteiger partial charge in [-0.2, -0.15) is 0 Å². The highest BCUT2D eigenvalue weighted by Gasteiger charge is 2.25. The second-order valence-electron chi connectivity index (χ2n) is 4.62. The summed E-state index contributed by atoms with van der Waals surface area (Å²) in [4.78, 5) is 12.1. The summed E-state index contributed by atoms with van der Waals surface area (Å²) in [5.41, 5.74) is 5.90. The number of carbonyl (C=O) groups excluding carboxylic acids is 1. The number of ketones is 1. The molecule has 0 heterocycles. The van der Waals surface area contributed by atoms with E-state index < -0.39 is 0 Å². The van der Waals surface area contributed by atoms with Gasteiger partial charge in [-0.05, 0) is 31.9 Å². The summed E-state index contributed by atoms with van der Waals surface area (Å²) in [5.74, 6) is 0.924. The maximum atomic E-state index is 12.1. The molecule has 0 amide bonds. The normalized spacial score (nSPS) is 14.9. The molecule has 1 aliphatic rings. The summed E-state index contributed by atoms with van der Waals surface area (Å²) in [7, 11) is 1.54. The van der Waals surface area contributed by atoms with Gasteiger partial charge in [-0.1, -0.05) is 11.6 Å². The van der Waals surface area contributed by atoms with Gasteiger partial charge in [-0.25, -0.2) is 0 Å². The number of ether oxygens (including phenoxy) is 2. The lowest BCUT2D eigenvalue weighted by atomic mass is 9.96. The largest absolute Gasteiger partial charge is 0.493 e. The van der Waals surface area contributed by atoms with Gasteiger partial charge in [0.05, 0.1) is 18.8 Å². The summed E-state index contributed by atoms with van der Waals surface area (Å²) in [6.45, 7) is 0.302. The minimum atomic E-state index is -0.0716. The van der Waals surface area contributed by atoms with Crippen molar-refractivity contribution < 1.29 is 14.3 Å². The lowest BCUT2D eigenvalue weighted by Crippen LogP contribution is -2.26. The average Bonchev–Trinajstić information content (AvgIpc) is 2.34. The number of halogens is 1. The van der Waals surface area contributed by atoms with Crippen LogP contribution in [0, 0.1) is 0 Å². The average molecular weight is 284 g/mol.